The lowest BCUT2D eigenvalue weighted by Gasteiger charge is -2.06. The smallest absolute Gasteiger partial charge is 0.172 e. The van der Waals surface area contributed by atoms with Gasteiger partial charge in [-0.2, -0.15) is 0 Å². The van der Waals surface area contributed by atoms with Gasteiger partial charge in [-0.15, -0.1) is 11.3 Å². The van der Waals surface area contributed by atoms with Gasteiger partial charge in [-0.3, -0.25) is 0 Å². The third kappa shape index (κ3) is 1.84. The van der Waals surface area contributed by atoms with E-state index in [1.165, 1.54) is 4.88 Å². The number of nitrogens with zero attached hydrogens (tertiary/aromatic N) is 2. The SMILES string of the molecule is CNc1nc(-c2ccc(C)s2)nc2ccccc12. The van der Waals surface area contributed by atoms with Crippen LogP contribution < -0.4 is 5.32 Å². The molecule has 0 radical (unpaired) electrons. The van der Waals surface area contributed by atoms with Crippen molar-refractivity contribution in [2.24, 2.45) is 0 Å². The van der Waals surface area contributed by atoms with Crippen LogP contribution in [0.25, 0.3) is 21.6 Å². The molecule has 0 aliphatic carbocycles. The molecule has 0 spiro atoms. The van der Waals surface area contributed by atoms with Gasteiger partial charge in [0.1, 0.15) is 5.82 Å². The summed E-state index contributed by atoms with van der Waals surface area (Å²) in [6, 6.07) is 12.2. The van der Waals surface area contributed by atoms with Crippen LogP contribution >= 0.6 is 11.3 Å². The van der Waals surface area contributed by atoms with Crippen molar-refractivity contribution in [2.75, 3.05) is 12.4 Å². The van der Waals surface area contributed by atoms with Crippen molar-refractivity contribution in [1.82, 2.24) is 9.97 Å². The Morgan fingerprint density at radius 2 is 1.89 bits per heavy atom. The van der Waals surface area contributed by atoms with Gasteiger partial charge in [0.05, 0.1) is 10.4 Å². The van der Waals surface area contributed by atoms with Crippen LogP contribution in [0.4, 0.5) is 5.82 Å². The molecule has 0 saturated heterocycles. The van der Waals surface area contributed by atoms with Gasteiger partial charge in [-0.1, -0.05) is 12.1 Å². The van der Waals surface area contributed by atoms with Gasteiger partial charge < -0.3 is 5.32 Å². The number of hydrogen-bond acceptors (Lipinski definition) is 4. The monoisotopic (exact) mass is 255 g/mol. The second-order valence-electron chi connectivity index (χ2n) is 4.07. The van der Waals surface area contributed by atoms with Crippen molar-refractivity contribution in [3.05, 3.63) is 41.3 Å². The van der Waals surface area contributed by atoms with Gasteiger partial charge in [0.2, 0.25) is 0 Å². The Hall–Kier alpha value is -1.94. The van der Waals surface area contributed by atoms with Crippen molar-refractivity contribution in [3.8, 4) is 10.7 Å². The van der Waals surface area contributed by atoms with Crippen molar-refractivity contribution in [1.29, 1.82) is 0 Å². The van der Waals surface area contributed by atoms with Crippen molar-refractivity contribution in [3.63, 3.8) is 0 Å². The number of aromatic nitrogens is 2. The zero-order valence-corrected chi connectivity index (χ0v) is 11.1. The first-order valence-electron chi connectivity index (χ1n) is 5.79. The third-order valence-corrected chi connectivity index (χ3v) is 3.80. The molecule has 3 aromatic rings. The number of thiophene rings is 1. The highest BCUT2D eigenvalue weighted by atomic mass is 32.1. The van der Waals surface area contributed by atoms with Crippen LogP contribution in [0.5, 0.6) is 0 Å². The fourth-order valence-corrected chi connectivity index (χ4v) is 2.73. The number of rotatable bonds is 2. The maximum Gasteiger partial charge on any atom is 0.172 e. The van der Waals surface area contributed by atoms with E-state index in [4.69, 9.17) is 0 Å². The molecule has 0 saturated carbocycles. The van der Waals surface area contributed by atoms with Gasteiger partial charge in [0, 0.05) is 17.3 Å². The van der Waals surface area contributed by atoms with E-state index in [0.29, 0.717) is 0 Å². The Labute approximate surface area is 110 Å². The molecular weight excluding hydrogens is 242 g/mol. The van der Waals surface area contributed by atoms with Gasteiger partial charge >= 0.3 is 0 Å². The van der Waals surface area contributed by atoms with E-state index in [9.17, 15) is 0 Å². The molecule has 90 valence electrons. The van der Waals surface area contributed by atoms with Crippen molar-refractivity contribution >= 4 is 28.1 Å². The molecule has 1 N–H and O–H groups in total. The minimum atomic E-state index is 0.788. The number of aryl methyl sites for hydroxylation is 1. The van der Waals surface area contributed by atoms with E-state index in [1.54, 1.807) is 11.3 Å². The Bertz CT molecular complexity index is 703. The molecule has 4 heteroatoms. The van der Waals surface area contributed by atoms with Gasteiger partial charge in [-0.25, -0.2) is 9.97 Å². The maximum atomic E-state index is 4.63. The van der Waals surface area contributed by atoms with Gasteiger partial charge in [0.15, 0.2) is 5.82 Å². The molecule has 0 fully saturated rings. The number of hydrogen-bond donors (Lipinski definition) is 1. The molecule has 0 amide bonds. The van der Waals surface area contributed by atoms with Gasteiger partial charge in [-0.05, 0) is 31.2 Å². The number of nitrogens with one attached hydrogen (secondary N) is 1. The normalized spacial score (nSPS) is 10.8. The number of para-hydroxylation sites is 1. The second kappa shape index (κ2) is 4.38. The molecule has 3 rings (SSSR count). The maximum absolute atomic E-state index is 4.63. The minimum Gasteiger partial charge on any atom is -0.373 e. The van der Waals surface area contributed by atoms with Crippen LogP contribution in [0.2, 0.25) is 0 Å². The van der Waals surface area contributed by atoms with Crippen LogP contribution in [0.3, 0.4) is 0 Å². The average Bonchev–Trinajstić information content (AvgIpc) is 2.84. The van der Waals surface area contributed by atoms with Crippen LogP contribution in [0, 0.1) is 6.92 Å². The quantitative estimate of drug-likeness (QED) is 0.758. The lowest BCUT2D eigenvalue weighted by molar-refractivity contribution is 1.22. The predicted molar refractivity (Wildman–Crippen MR) is 77.1 cm³/mol. The Morgan fingerprint density at radius 3 is 2.61 bits per heavy atom. The average molecular weight is 255 g/mol. The molecule has 1 aromatic carbocycles. The number of anilines is 1. The highest BCUT2D eigenvalue weighted by Crippen LogP contribution is 2.28. The van der Waals surface area contributed by atoms with Crippen LogP contribution in [-0.4, -0.2) is 17.0 Å². The molecule has 2 aromatic heterocycles. The van der Waals surface area contributed by atoms with Crippen LogP contribution in [-0.2, 0) is 0 Å². The Kier molecular flexibility index (Phi) is 2.72. The zero-order valence-electron chi connectivity index (χ0n) is 10.3. The van der Waals surface area contributed by atoms with E-state index < -0.39 is 0 Å². The summed E-state index contributed by atoms with van der Waals surface area (Å²) in [5, 5.41) is 4.19. The lowest BCUT2D eigenvalue weighted by Crippen LogP contribution is -1.97. The van der Waals surface area contributed by atoms with E-state index >= 15 is 0 Å². The Morgan fingerprint density at radius 1 is 1.06 bits per heavy atom. The first kappa shape index (κ1) is 11.2. The Balaban J connectivity index is 2.25. The third-order valence-electron chi connectivity index (χ3n) is 2.80. The summed E-state index contributed by atoms with van der Waals surface area (Å²) in [6.07, 6.45) is 0. The summed E-state index contributed by atoms with van der Waals surface area (Å²) in [5.41, 5.74) is 0.970. The largest absolute Gasteiger partial charge is 0.373 e. The van der Waals surface area contributed by atoms with E-state index in [0.717, 1.165) is 27.4 Å². The topological polar surface area (TPSA) is 37.8 Å². The molecule has 3 nitrogen and oxygen atoms in total. The molecule has 0 bridgehead atoms. The highest BCUT2D eigenvalue weighted by Gasteiger charge is 2.09. The number of benzene rings is 1. The first-order chi connectivity index (χ1) is 8.78. The molecule has 18 heavy (non-hydrogen) atoms. The van der Waals surface area contributed by atoms with Crippen LogP contribution in [0.15, 0.2) is 36.4 Å². The molecule has 0 atom stereocenters. The van der Waals surface area contributed by atoms with Crippen molar-refractivity contribution < 1.29 is 0 Å². The standard InChI is InChI=1S/C14H13N3S/c1-9-7-8-12(18-9)14-16-11-6-4-3-5-10(11)13(15-2)17-14/h3-8H,1-2H3,(H,15,16,17). The molecule has 0 aliphatic rings. The highest BCUT2D eigenvalue weighted by molar-refractivity contribution is 7.15. The number of fused-ring (bicyclic) bond motifs is 1. The van der Waals surface area contributed by atoms with E-state index in [-0.39, 0.29) is 0 Å². The van der Waals surface area contributed by atoms with Crippen LogP contribution in [0.1, 0.15) is 4.88 Å². The lowest BCUT2D eigenvalue weighted by atomic mass is 10.2. The van der Waals surface area contributed by atoms with Gasteiger partial charge in [0.25, 0.3) is 0 Å². The molecule has 2 heterocycles. The fraction of sp³-hybridized carbons (Fsp3) is 0.143. The molecular formula is C14H13N3S. The summed E-state index contributed by atoms with van der Waals surface area (Å²) in [6.45, 7) is 2.09. The summed E-state index contributed by atoms with van der Waals surface area (Å²) in [5.74, 6) is 1.66. The summed E-state index contributed by atoms with van der Waals surface area (Å²) in [7, 11) is 1.89. The van der Waals surface area contributed by atoms with E-state index in [2.05, 4.69) is 34.3 Å². The van der Waals surface area contributed by atoms with Crippen molar-refractivity contribution in [2.45, 2.75) is 6.92 Å². The zero-order chi connectivity index (χ0) is 12.5. The first-order valence-corrected chi connectivity index (χ1v) is 6.61. The minimum absolute atomic E-state index is 0.788. The fourth-order valence-electron chi connectivity index (χ4n) is 1.93. The molecule has 0 unspecified atom stereocenters. The molecule has 0 aliphatic heterocycles. The predicted octanol–water partition coefficient (Wildman–Crippen LogP) is 3.71. The second-order valence-corrected chi connectivity index (χ2v) is 5.36. The summed E-state index contributed by atoms with van der Waals surface area (Å²) in [4.78, 5) is 11.6. The summed E-state index contributed by atoms with van der Waals surface area (Å²) >= 11 is 1.72. The summed E-state index contributed by atoms with van der Waals surface area (Å²) < 4.78 is 0. The van der Waals surface area contributed by atoms with E-state index in [1.807, 2.05) is 31.3 Å².